The van der Waals surface area contributed by atoms with Gasteiger partial charge in [-0.1, -0.05) is 0 Å². The van der Waals surface area contributed by atoms with Crippen LogP contribution < -0.4 is 10.1 Å². The van der Waals surface area contributed by atoms with E-state index in [1.807, 2.05) is 6.07 Å². The third kappa shape index (κ3) is 5.27. The number of nitrogens with zero attached hydrogens (tertiary/aromatic N) is 1. The molecule has 1 atom stereocenters. The van der Waals surface area contributed by atoms with E-state index in [0.29, 0.717) is 11.3 Å². The highest BCUT2D eigenvalue weighted by Gasteiger charge is 2.18. The summed E-state index contributed by atoms with van der Waals surface area (Å²) < 4.78 is 36.6. The van der Waals surface area contributed by atoms with Crippen LogP contribution in [-0.4, -0.2) is 24.6 Å². The number of amides is 1. The van der Waals surface area contributed by atoms with E-state index in [4.69, 9.17) is 14.7 Å². The van der Waals surface area contributed by atoms with Crippen LogP contribution in [0.1, 0.15) is 12.5 Å². The number of carbonyl (C=O) groups excluding carboxylic acids is 2. The summed E-state index contributed by atoms with van der Waals surface area (Å²) in [5.74, 6) is -2.83. The second-order valence-corrected chi connectivity index (χ2v) is 5.18. The molecular weight excluding hydrogens is 346 g/mol. The molecule has 0 spiro atoms. The molecule has 6 nitrogen and oxygen atoms in total. The van der Waals surface area contributed by atoms with Crippen molar-refractivity contribution in [3.8, 4) is 11.8 Å². The molecule has 0 saturated carbocycles. The van der Waals surface area contributed by atoms with Crippen LogP contribution in [-0.2, 0) is 14.3 Å². The van der Waals surface area contributed by atoms with Crippen LogP contribution in [0.5, 0.6) is 5.75 Å². The number of rotatable bonds is 6. The summed E-state index contributed by atoms with van der Waals surface area (Å²) >= 11 is 0. The zero-order valence-electron chi connectivity index (χ0n) is 13.7. The lowest BCUT2D eigenvalue weighted by molar-refractivity contribution is -0.153. The van der Waals surface area contributed by atoms with E-state index in [1.54, 1.807) is 0 Å². The summed E-state index contributed by atoms with van der Waals surface area (Å²) in [5, 5.41) is 10.8. The number of benzene rings is 2. The Balaban J connectivity index is 1.83. The summed E-state index contributed by atoms with van der Waals surface area (Å²) in [6.07, 6.45) is -1.01. The van der Waals surface area contributed by atoms with Gasteiger partial charge in [-0.2, -0.15) is 5.26 Å². The first kappa shape index (κ1) is 18.9. The molecule has 1 amide bonds. The van der Waals surface area contributed by atoms with Gasteiger partial charge >= 0.3 is 5.97 Å². The van der Waals surface area contributed by atoms with Crippen molar-refractivity contribution in [1.29, 1.82) is 5.26 Å². The van der Waals surface area contributed by atoms with Gasteiger partial charge in [0.15, 0.2) is 12.7 Å². The maximum absolute atomic E-state index is 13.4. The van der Waals surface area contributed by atoms with Gasteiger partial charge in [-0.25, -0.2) is 13.6 Å². The van der Waals surface area contributed by atoms with Crippen LogP contribution in [0.2, 0.25) is 0 Å². The number of carbonyl (C=O) groups is 2. The van der Waals surface area contributed by atoms with E-state index < -0.39 is 36.2 Å². The minimum atomic E-state index is -1.01. The average molecular weight is 360 g/mol. The van der Waals surface area contributed by atoms with Crippen molar-refractivity contribution < 1.29 is 27.8 Å². The van der Waals surface area contributed by atoms with Crippen molar-refractivity contribution in [2.24, 2.45) is 0 Å². The molecule has 2 aromatic rings. The van der Waals surface area contributed by atoms with Crippen LogP contribution in [0, 0.1) is 23.0 Å². The first-order valence-corrected chi connectivity index (χ1v) is 7.47. The molecule has 0 aromatic heterocycles. The number of anilines is 1. The standard InChI is InChI=1S/C18H14F2N2O4/c1-11(26-14-5-2-12(9-21)3-6-14)18(24)25-10-17(23)22-16-8-13(19)4-7-15(16)20/h2-8,11H,10H2,1H3,(H,22,23)/t11-/m0/s1. The molecule has 0 radical (unpaired) electrons. The molecule has 0 aliphatic rings. The first-order valence-electron chi connectivity index (χ1n) is 7.47. The largest absolute Gasteiger partial charge is 0.479 e. The first-order chi connectivity index (χ1) is 12.4. The van der Waals surface area contributed by atoms with E-state index in [-0.39, 0.29) is 5.69 Å². The lowest BCUT2D eigenvalue weighted by Crippen LogP contribution is -2.29. The van der Waals surface area contributed by atoms with Crippen LogP contribution in [0.4, 0.5) is 14.5 Å². The molecule has 0 unspecified atom stereocenters. The Morgan fingerprint density at radius 3 is 2.54 bits per heavy atom. The van der Waals surface area contributed by atoms with Crippen molar-refractivity contribution in [3.05, 3.63) is 59.7 Å². The van der Waals surface area contributed by atoms with Crippen LogP contribution in [0.15, 0.2) is 42.5 Å². The van der Waals surface area contributed by atoms with E-state index >= 15 is 0 Å². The fraction of sp³-hybridized carbons (Fsp3) is 0.167. The number of halogens is 2. The van der Waals surface area contributed by atoms with E-state index in [2.05, 4.69) is 5.32 Å². The number of nitriles is 1. The molecule has 0 aliphatic carbocycles. The highest BCUT2D eigenvalue weighted by molar-refractivity contribution is 5.93. The molecule has 8 heteroatoms. The third-order valence-electron chi connectivity index (χ3n) is 3.18. The average Bonchev–Trinajstić information content (AvgIpc) is 2.63. The van der Waals surface area contributed by atoms with Gasteiger partial charge in [0.25, 0.3) is 5.91 Å². The van der Waals surface area contributed by atoms with Gasteiger partial charge in [-0.3, -0.25) is 4.79 Å². The summed E-state index contributed by atoms with van der Waals surface area (Å²) in [5.41, 5.74) is 0.0850. The Morgan fingerprint density at radius 2 is 1.88 bits per heavy atom. The quantitative estimate of drug-likeness (QED) is 0.801. The molecule has 0 aliphatic heterocycles. The lowest BCUT2D eigenvalue weighted by atomic mass is 10.2. The molecule has 0 bridgehead atoms. The Hall–Kier alpha value is -3.47. The minimum absolute atomic E-state index is 0.347. The minimum Gasteiger partial charge on any atom is -0.479 e. The van der Waals surface area contributed by atoms with Crippen LogP contribution in [0.3, 0.4) is 0 Å². The second kappa shape index (κ2) is 8.58. The predicted octanol–water partition coefficient (Wildman–Crippen LogP) is 2.79. The third-order valence-corrected chi connectivity index (χ3v) is 3.18. The highest BCUT2D eigenvalue weighted by Crippen LogP contribution is 2.16. The van der Waals surface area contributed by atoms with Gasteiger partial charge in [0.1, 0.15) is 17.4 Å². The second-order valence-electron chi connectivity index (χ2n) is 5.18. The van der Waals surface area contributed by atoms with Crippen LogP contribution >= 0.6 is 0 Å². The van der Waals surface area contributed by atoms with Gasteiger partial charge < -0.3 is 14.8 Å². The predicted molar refractivity (Wildman–Crippen MR) is 87.2 cm³/mol. The lowest BCUT2D eigenvalue weighted by Gasteiger charge is -2.14. The highest BCUT2D eigenvalue weighted by atomic mass is 19.1. The fourth-order valence-corrected chi connectivity index (χ4v) is 1.89. The van der Waals surface area contributed by atoms with Crippen molar-refractivity contribution in [2.45, 2.75) is 13.0 Å². The molecule has 26 heavy (non-hydrogen) atoms. The molecule has 0 saturated heterocycles. The SMILES string of the molecule is C[C@H](Oc1ccc(C#N)cc1)C(=O)OCC(=O)Nc1cc(F)ccc1F. The molecule has 0 fully saturated rings. The molecular formula is C18H14F2N2O4. The smallest absolute Gasteiger partial charge is 0.347 e. The Kier molecular flexibility index (Phi) is 6.22. The van der Waals surface area contributed by atoms with E-state index in [1.165, 1.54) is 31.2 Å². The van der Waals surface area contributed by atoms with Gasteiger partial charge in [-0.05, 0) is 43.3 Å². The van der Waals surface area contributed by atoms with Crippen molar-refractivity contribution in [2.75, 3.05) is 11.9 Å². The Morgan fingerprint density at radius 1 is 1.19 bits per heavy atom. The zero-order chi connectivity index (χ0) is 19.1. The molecule has 2 rings (SSSR count). The summed E-state index contributed by atoms with van der Waals surface area (Å²) in [7, 11) is 0. The molecule has 1 N–H and O–H groups in total. The Labute approximate surface area is 148 Å². The topological polar surface area (TPSA) is 88.4 Å². The number of ether oxygens (including phenoxy) is 2. The maximum Gasteiger partial charge on any atom is 0.347 e. The van der Waals surface area contributed by atoms with E-state index in [0.717, 1.165) is 18.2 Å². The molecule has 134 valence electrons. The van der Waals surface area contributed by atoms with E-state index in [9.17, 15) is 18.4 Å². The molecule has 0 heterocycles. The van der Waals surface area contributed by atoms with Gasteiger partial charge in [0.05, 0.1) is 17.3 Å². The molecule has 2 aromatic carbocycles. The fourth-order valence-electron chi connectivity index (χ4n) is 1.89. The van der Waals surface area contributed by atoms with Gasteiger partial charge in [0.2, 0.25) is 0 Å². The zero-order valence-corrected chi connectivity index (χ0v) is 13.7. The van der Waals surface area contributed by atoms with Crippen LogP contribution in [0.25, 0.3) is 0 Å². The van der Waals surface area contributed by atoms with Crippen molar-refractivity contribution in [3.63, 3.8) is 0 Å². The summed E-state index contributed by atoms with van der Waals surface area (Å²) in [6, 6.07) is 10.6. The Bertz CT molecular complexity index is 847. The van der Waals surface area contributed by atoms with Gasteiger partial charge in [-0.15, -0.1) is 0 Å². The van der Waals surface area contributed by atoms with Crippen molar-refractivity contribution >= 4 is 17.6 Å². The number of hydrogen-bond donors (Lipinski definition) is 1. The van der Waals surface area contributed by atoms with Crippen molar-refractivity contribution in [1.82, 2.24) is 0 Å². The normalized spacial score (nSPS) is 11.2. The number of hydrogen-bond acceptors (Lipinski definition) is 5. The maximum atomic E-state index is 13.4. The number of esters is 1. The monoisotopic (exact) mass is 360 g/mol. The summed E-state index contributed by atoms with van der Waals surface area (Å²) in [6.45, 7) is 0.737. The number of nitrogens with one attached hydrogen (secondary N) is 1. The van der Waals surface area contributed by atoms with Gasteiger partial charge in [0, 0.05) is 6.07 Å². The summed E-state index contributed by atoms with van der Waals surface area (Å²) in [4.78, 5) is 23.5.